The number of carbonyl (C=O) groups excluding carboxylic acids is 3. The van der Waals surface area contributed by atoms with E-state index < -0.39 is 35.7 Å². The highest BCUT2D eigenvalue weighted by Crippen LogP contribution is 2.08. The third kappa shape index (κ3) is 8.19. The molecule has 2 N–H and O–H groups in total. The van der Waals surface area contributed by atoms with Gasteiger partial charge in [0.15, 0.2) is 0 Å². The van der Waals surface area contributed by atoms with Gasteiger partial charge in [0.25, 0.3) is 0 Å². The Morgan fingerprint density at radius 3 is 2.16 bits per heavy atom. The van der Waals surface area contributed by atoms with E-state index in [1.54, 1.807) is 20.8 Å². The van der Waals surface area contributed by atoms with Crippen LogP contribution in [0.1, 0.15) is 40.2 Å². The molecule has 0 spiro atoms. The molecule has 2 amide bonds. The fourth-order valence-corrected chi connectivity index (χ4v) is 1.79. The second kappa shape index (κ2) is 9.05. The molecule has 1 aromatic carbocycles. The molecule has 1 rings (SSSR count). The average Bonchev–Trinajstić information content (AvgIpc) is 2.52. The quantitative estimate of drug-likeness (QED) is 0.767. The molecule has 0 saturated heterocycles. The SMILES string of the molecule is CC(NC(=O)OCc1ccccc1)C(=O)NC(C)C(=O)OC(C)(C)C. The lowest BCUT2D eigenvalue weighted by Crippen LogP contribution is -2.50. The van der Waals surface area contributed by atoms with E-state index in [1.807, 2.05) is 30.3 Å². The smallest absolute Gasteiger partial charge is 0.408 e. The van der Waals surface area contributed by atoms with Crippen LogP contribution in [0.5, 0.6) is 0 Å². The molecule has 0 aromatic heterocycles. The Morgan fingerprint density at radius 2 is 1.60 bits per heavy atom. The van der Waals surface area contributed by atoms with Crippen molar-refractivity contribution in [2.45, 2.75) is 58.9 Å². The number of rotatable bonds is 6. The Morgan fingerprint density at radius 1 is 1.00 bits per heavy atom. The van der Waals surface area contributed by atoms with Crippen LogP contribution in [0.15, 0.2) is 30.3 Å². The summed E-state index contributed by atoms with van der Waals surface area (Å²) in [5.74, 6) is -1.05. The standard InChI is InChI=1S/C18H26N2O5/c1-12(15(21)19-13(2)16(22)25-18(3,4)5)20-17(23)24-11-14-9-7-6-8-10-14/h6-10,12-13H,11H2,1-5H3,(H,19,21)(H,20,23). The molecule has 0 aliphatic carbocycles. The lowest BCUT2D eigenvalue weighted by atomic mass is 10.2. The third-order valence-electron chi connectivity index (χ3n) is 3.06. The molecule has 0 fully saturated rings. The summed E-state index contributed by atoms with van der Waals surface area (Å²) in [4.78, 5) is 35.6. The Labute approximate surface area is 148 Å². The molecule has 2 unspecified atom stereocenters. The van der Waals surface area contributed by atoms with Crippen LogP contribution >= 0.6 is 0 Å². The summed E-state index contributed by atoms with van der Waals surface area (Å²) >= 11 is 0. The van der Waals surface area contributed by atoms with Gasteiger partial charge in [0.05, 0.1) is 0 Å². The number of ether oxygens (including phenoxy) is 2. The zero-order chi connectivity index (χ0) is 19.0. The van der Waals surface area contributed by atoms with E-state index in [0.29, 0.717) is 0 Å². The Kier molecular flexibility index (Phi) is 7.42. The molecule has 7 nitrogen and oxygen atoms in total. The number of nitrogens with one attached hydrogen (secondary N) is 2. The summed E-state index contributed by atoms with van der Waals surface area (Å²) in [6.07, 6.45) is -0.712. The lowest BCUT2D eigenvalue weighted by Gasteiger charge is -2.23. The molecule has 2 atom stereocenters. The van der Waals surface area contributed by atoms with Gasteiger partial charge in [-0.2, -0.15) is 0 Å². The molecule has 0 heterocycles. The van der Waals surface area contributed by atoms with Crippen LogP contribution in [-0.2, 0) is 25.7 Å². The van der Waals surface area contributed by atoms with Crippen LogP contribution in [0.4, 0.5) is 4.79 Å². The average molecular weight is 350 g/mol. The Hall–Kier alpha value is -2.57. The Bertz CT molecular complexity index is 595. The van der Waals surface area contributed by atoms with E-state index in [1.165, 1.54) is 13.8 Å². The highest BCUT2D eigenvalue weighted by atomic mass is 16.6. The van der Waals surface area contributed by atoms with Gasteiger partial charge in [0.2, 0.25) is 5.91 Å². The van der Waals surface area contributed by atoms with Crippen LogP contribution in [0.2, 0.25) is 0 Å². The van der Waals surface area contributed by atoms with Crippen molar-refractivity contribution in [2.75, 3.05) is 0 Å². The maximum Gasteiger partial charge on any atom is 0.408 e. The predicted molar refractivity (Wildman–Crippen MR) is 92.7 cm³/mol. The molecule has 0 saturated carbocycles. The summed E-state index contributed by atoms with van der Waals surface area (Å²) in [5.41, 5.74) is 0.203. The molecule has 7 heteroatoms. The molecule has 1 aromatic rings. The second-order valence-electron chi connectivity index (χ2n) is 6.69. The minimum Gasteiger partial charge on any atom is -0.458 e. The molecular weight excluding hydrogens is 324 g/mol. The van der Waals surface area contributed by atoms with Crippen molar-refractivity contribution in [1.82, 2.24) is 10.6 Å². The first-order valence-corrected chi connectivity index (χ1v) is 8.09. The van der Waals surface area contributed by atoms with Gasteiger partial charge in [-0.15, -0.1) is 0 Å². The molecule has 0 bridgehead atoms. The van der Waals surface area contributed by atoms with Crippen LogP contribution < -0.4 is 10.6 Å². The van der Waals surface area contributed by atoms with Gasteiger partial charge in [-0.3, -0.25) is 4.79 Å². The first-order chi connectivity index (χ1) is 11.6. The number of hydrogen-bond donors (Lipinski definition) is 2. The van der Waals surface area contributed by atoms with Gasteiger partial charge >= 0.3 is 12.1 Å². The molecule has 138 valence electrons. The van der Waals surface area contributed by atoms with Crippen molar-refractivity contribution >= 4 is 18.0 Å². The fraction of sp³-hybridized carbons (Fsp3) is 0.500. The number of hydrogen-bond acceptors (Lipinski definition) is 5. The fourth-order valence-electron chi connectivity index (χ4n) is 1.79. The largest absolute Gasteiger partial charge is 0.458 e. The van der Waals surface area contributed by atoms with Crippen LogP contribution in [-0.4, -0.2) is 35.7 Å². The Balaban J connectivity index is 2.40. The number of benzene rings is 1. The minimum atomic E-state index is -0.854. The van der Waals surface area contributed by atoms with E-state index in [9.17, 15) is 14.4 Å². The number of esters is 1. The number of carbonyl (C=O) groups is 3. The van der Waals surface area contributed by atoms with Gasteiger partial charge in [0.1, 0.15) is 24.3 Å². The highest BCUT2D eigenvalue weighted by molar-refractivity contribution is 5.89. The molecular formula is C18H26N2O5. The van der Waals surface area contributed by atoms with Crippen molar-refractivity contribution in [2.24, 2.45) is 0 Å². The molecule has 0 radical (unpaired) electrons. The minimum absolute atomic E-state index is 0.106. The summed E-state index contributed by atoms with van der Waals surface area (Å²) in [7, 11) is 0. The third-order valence-corrected chi connectivity index (χ3v) is 3.06. The topological polar surface area (TPSA) is 93.7 Å². The zero-order valence-electron chi connectivity index (χ0n) is 15.3. The van der Waals surface area contributed by atoms with Crippen molar-refractivity contribution in [1.29, 1.82) is 0 Å². The van der Waals surface area contributed by atoms with Gasteiger partial charge < -0.3 is 20.1 Å². The number of alkyl carbamates (subject to hydrolysis) is 1. The van der Waals surface area contributed by atoms with E-state index in [2.05, 4.69) is 10.6 Å². The van der Waals surface area contributed by atoms with E-state index in [4.69, 9.17) is 9.47 Å². The van der Waals surface area contributed by atoms with Crippen molar-refractivity contribution in [3.8, 4) is 0 Å². The van der Waals surface area contributed by atoms with Gasteiger partial charge in [-0.1, -0.05) is 30.3 Å². The summed E-state index contributed by atoms with van der Waals surface area (Å²) in [5, 5.41) is 4.91. The maximum absolute atomic E-state index is 12.0. The first kappa shape index (κ1) is 20.5. The second-order valence-corrected chi connectivity index (χ2v) is 6.69. The van der Waals surface area contributed by atoms with Crippen molar-refractivity contribution in [3.63, 3.8) is 0 Å². The van der Waals surface area contributed by atoms with Crippen molar-refractivity contribution < 1.29 is 23.9 Å². The van der Waals surface area contributed by atoms with Gasteiger partial charge in [-0.25, -0.2) is 9.59 Å². The van der Waals surface area contributed by atoms with E-state index in [0.717, 1.165) is 5.56 Å². The lowest BCUT2D eigenvalue weighted by molar-refractivity contribution is -0.158. The molecule has 25 heavy (non-hydrogen) atoms. The van der Waals surface area contributed by atoms with Crippen LogP contribution in [0.25, 0.3) is 0 Å². The normalized spacial score (nSPS) is 13.3. The number of amides is 2. The van der Waals surface area contributed by atoms with E-state index >= 15 is 0 Å². The molecule has 0 aliphatic rings. The highest BCUT2D eigenvalue weighted by Gasteiger charge is 2.25. The molecule has 0 aliphatic heterocycles. The van der Waals surface area contributed by atoms with Crippen molar-refractivity contribution in [3.05, 3.63) is 35.9 Å². The summed E-state index contributed by atoms with van der Waals surface area (Å²) in [6.45, 7) is 8.35. The van der Waals surface area contributed by atoms with Gasteiger partial charge in [-0.05, 0) is 40.2 Å². The predicted octanol–water partition coefficient (Wildman–Crippen LogP) is 2.15. The first-order valence-electron chi connectivity index (χ1n) is 8.09. The van der Waals surface area contributed by atoms with Gasteiger partial charge in [0, 0.05) is 0 Å². The van der Waals surface area contributed by atoms with Crippen LogP contribution in [0.3, 0.4) is 0 Å². The summed E-state index contributed by atoms with van der Waals surface area (Å²) < 4.78 is 10.2. The summed E-state index contributed by atoms with van der Waals surface area (Å²) in [6, 6.07) is 7.51. The maximum atomic E-state index is 12.0. The zero-order valence-corrected chi connectivity index (χ0v) is 15.3. The van der Waals surface area contributed by atoms with E-state index in [-0.39, 0.29) is 6.61 Å². The monoisotopic (exact) mass is 350 g/mol. The van der Waals surface area contributed by atoms with Crippen LogP contribution in [0, 0.1) is 0 Å².